The van der Waals surface area contributed by atoms with Crippen molar-refractivity contribution in [3.05, 3.63) is 102 Å². The van der Waals surface area contributed by atoms with Crippen LogP contribution in [0.5, 0.6) is 0 Å². The van der Waals surface area contributed by atoms with Gasteiger partial charge in [0.25, 0.3) is 6.01 Å². The molecule has 0 bridgehead atoms. The quantitative estimate of drug-likeness (QED) is 0.513. The van der Waals surface area contributed by atoms with Gasteiger partial charge in [-0.1, -0.05) is 78.9 Å². The van der Waals surface area contributed by atoms with Crippen molar-refractivity contribution in [2.45, 2.75) is 6.42 Å². The minimum Gasteiger partial charge on any atom is -0.427 e. The van der Waals surface area contributed by atoms with E-state index in [0.29, 0.717) is 12.4 Å². The van der Waals surface area contributed by atoms with Crippen LogP contribution in [0.15, 0.2) is 95.4 Å². The Kier molecular flexibility index (Phi) is 4.29. The molecule has 0 aliphatic carbocycles. The first-order chi connectivity index (χ1) is 12.4. The fourth-order valence-corrected chi connectivity index (χ4v) is 2.77. The molecule has 25 heavy (non-hydrogen) atoms. The molecular weight excluding hydrogens is 308 g/mol. The number of aromatic nitrogens is 1. The normalized spacial score (nSPS) is 10.6. The molecule has 0 amide bonds. The molecule has 0 radical (unpaired) electrons. The zero-order valence-electron chi connectivity index (χ0n) is 13.7. The van der Waals surface area contributed by atoms with Crippen LogP contribution in [0.3, 0.4) is 0 Å². The molecule has 1 N–H and O–H groups in total. The maximum absolute atomic E-state index is 6.05. The summed E-state index contributed by atoms with van der Waals surface area (Å²) < 4.78 is 6.05. The Morgan fingerprint density at radius 1 is 0.720 bits per heavy atom. The van der Waals surface area contributed by atoms with Gasteiger partial charge in [0.05, 0.1) is 0 Å². The van der Waals surface area contributed by atoms with Crippen molar-refractivity contribution in [3.8, 4) is 11.3 Å². The fraction of sp³-hybridized carbons (Fsp3) is 0.0455. The van der Waals surface area contributed by atoms with Crippen LogP contribution in [0.25, 0.3) is 11.3 Å². The van der Waals surface area contributed by atoms with E-state index < -0.39 is 0 Å². The van der Waals surface area contributed by atoms with Crippen molar-refractivity contribution < 1.29 is 4.42 Å². The van der Waals surface area contributed by atoms with Gasteiger partial charge in [-0.05, 0) is 17.7 Å². The predicted octanol–water partition coefficient (Wildman–Crippen LogP) is 5.68. The molecule has 122 valence electrons. The Labute approximate surface area is 147 Å². The summed E-state index contributed by atoms with van der Waals surface area (Å²) in [5, 5.41) is 3.24. The summed E-state index contributed by atoms with van der Waals surface area (Å²) in [5.74, 6) is 0.857. The first kappa shape index (κ1) is 15.2. The Morgan fingerprint density at radius 3 is 2.00 bits per heavy atom. The van der Waals surface area contributed by atoms with Gasteiger partial charge in [-0.25, -0.2) is 0 Å². The average molecular weight is 326 g/mol. The molecule has 0 saturated heterocycles. The second kappa shape index (κ2) is 7.05. The van der Waals surface area contributed by atoms with Gasteiger partial charge in [0.15, 0.2) is 0 Å². The van der Waals surface area contributed by atoms with Crippen LogP contribution in [-0.2, 0) is 6.42 Å². The number of benzene rings is 3. The van der Waals surface area contributed by atoms with Crippen LogP contribution >= 0.6 is 0 Å². The monoisotopic (exact) mass is 326 g/mol. The van der Waals surface area contributed by atoms with Crippen molar-refractivity contribution in [2.75, 3.05) is 5.32 Å². The first-order valence-corrected chi connectivity index (χ1v) is 8.29. The van der Waals surface area contributed by atoms with Crippen LogP contribution in [0.2, 0.25) is 0 Å². The summed E-state index contributed by atoms with van der Waals surface area (Å²) in [4.78, 5) is 4.69. The molecule has 4 rings (SSSR count). The topological polar surface area (TPSA) is 38.1 Å². The molecule has 0 atom stereocenters. The fourth-order valence-electron chi connectivity index (χ4n) is 2.77. The maximum Gasteiger partial charge on any atom is 0.299 e. The van der Waals surface area contributed by atoms with E-state index in [4.69, 9.17) is 9.40 Å². The van der Waals surface area contributed by atoms with Crippen LogP contribution in [0.1, 0.15) is 11.3 Å². The van der Waals surface area contributed by atoms with Crippen LogP contribution in [-0.4, -0.2) is 4.98 Å². The number of oxazole rings is 1. The number of nitrogens with one attached hydrogen (secondary N) is 1. The molecule has 0 saturated carbocycles. The summed E-state index contributed by atoms with van der Waals surface area (Å²) >= 11 is 0. The minimum absolute atomic E-state index is 0.510. The van der Waals surface area contributed by atoms with Gasteiger partial charge in [-0.15, -0.1) is 0 Å². The lowest BCUT2D eigenvalue weighted by molar-refractivity contribution is 0.533. The number of anilines is 2. The highest BCUT2D eigenvalue weighted by atomic mass is 16.4. The summed E-state index contributed by atoms with van der Waals surface area (Å²) in [6, 6.07) is 30.9. The van der Waals surface area contributed by atoms with E-state index in [-0.39, 0.29) is 0 Å². The van der Waals surface area contributed by atoms with E-state index in [0.717, 1.165) is 22.7 Å². The van der Waals surface area contributed by atoms with E-state index in [1.54, 1.807) is 0 Å². The van der Waals surface area contributed by atoms with E-state index in [2.05, 4.69) is 29.6 Å². The van der Waals surface area contributed by atoms with Gasteiger partial charge in [-0.3, -0.25) is 0 Å². The highest BCUT2D eigenvalue weighted by molar-refractivity contribution is 5.64. The van der Waals surface area contributed by atoms with E-state index in [9.17, 15) is 0 Å². The van der Waals surface area contributed by atoms with Crippen molar-refractivity contribution in [1.82, 2.24) is 4.98 Å². The highest BCUT2D eigenvalue weighted by Crippen LogP contribution is 2.29. The summed E-state index contributed by atoms with van der Waals surface area (Å²) in [6.45, 7) is 0. The molecule has 0 aliphatic heterocycles. The first-order valence-electron chi connectivity index (χ1n) is 8.29. The number of nitrogens with zero attached hydrogens (tertiary/aromatic N) is 1. The van der Waals surface area contributed by atoms with Crippen molar-refractivity contribution in [3.63, 3.8) is 0 Å². The molecule has 3 aromatic carbocycles. The van der Waals surface area contributed by atoms with Gasteiger partial charge in [0.2, 0.25) is 0 Å². The minimum atomic E-state index is 0.510. The number of hydrogen-bond donors (Lipinski definition) is 1. The maximum atomic E-state index is 6.05. The Morgan fingerprint density at radius 2 is 1.32 bits per heavy atom. The summed E-state index contributed by atoms with van der Waals surface area (Å²) in [5.41, 5.74) is 4.08. The highest BCUT2D eigenvalue weighted by Gasteiger charge is 2.15. The van der Waals surface area contributed by atoms with Crippen LogP contribution in [0, 0.1) is 0 Å². The molecule has 0 unspecified atom stereocenters. The molecule has 0 fully saturated rings. The Balaban J connectivity index is 1.70. The predicted molar refractivity (Wildman–Crippen MR) is 101 cm³/mol. The summed E-state index contributed by atoms with van der Waals surface area (Å²) in [6.07, 6.45) is 0.703. The molecule has 3 heteroatoms. The SMILES string of the molecule is c1ccc(Cc2oc(Nc3ccccc3)nc2-c2ccccc2)cc1. The molecule has 0 spiro atoms. The van der Waals surface area contributed by atoms with Gasteiger partial charge in [-0.2, -0.15) is 4.98 Å². The van der Waals surface area contributed by atoms with Crippen LogP contribution < -0.4 is 5.32 Å². The Hall–Kier alpha value is -3.33. The second-order valence-corrected chi connectivity index (χ2v) is 5.81. The molecule has 0 aliphatic rings. The van der Waals surface area contributed by atoms with E-state index >= 15 is 0 Å². The standard InChI is InChI=1S/C22H18N2O/c1-4-10-17(11-5-1)16-20-21(18-12-6-2-7-13-18)24-22(25-20)23-19-14-8-3-9-15-19/h1-15H,16H2,(H,23,24). The third kappa shape index (κ3) is 3.61. The van der Waals surface area contributed by atoms with Crippen LogP contribution in [0.4, 0.5) is 11.7 Å². The lowest BCUT2D eigenvalue weighted by Crippen LogP contribution is -1.89. The number of para-hydroxylation sites is 1. The molecule has 1 heterocycles. The molecule has 4 aromatic rings. The lowest BCUT2D eigenvalue weighted by Gasteiger charge is -2.01. The average Bonchev–Trinajstić information content (AvgIpc) is 3.06. The van der Waals surface area contributed by atoms with E-state index in [1.165, 1.54) is 5.56 Å². The van der Waals surface area contributed by atoms with Crippen molar-refractivity contribution in [2.24, 2.45) is 0 Å². The second-order valence-electron chi connectivity index (χ2n) is 5.81. The molecule has 1 aromatic heterocycles. The molecule has 3 nitrogen and oxygen atoms in total. The zero-order chi connectivity index (χ0) is 16.9. The Bertz CT molecular complexity index is 932. The third-order valence-corrected chi connectivity index (χ3v) is 3.98. The van der Waals surface area contributed by atoms with Crippen molar-refractivity contribution in [1.29, 1.82) is 0 Å². The van der Waals surface area contributed by atoms with Gasteiger partial charge in [0, 0.05) is 17.7 Å². The van der Waals surface area contributed by atoms with Gasteiger partial charge < -0.3 is 9.73 Å². The van der Waals surface area contributed by atoms with Crippen molar-refractivity contribution >= 4 is 11.7 Å². The zero-order valence-corrected chi connectivity index (χ0v) is 13.7. The molecular formula is C22H18N2O. The largest absolute Gasteiger partial charge is 0.427 e. The van der Waals surface area contributed by atoms with Gasteiger partial charge >= 0.3 is 0 Å². The lowest BCUT2D eigenvalue weighted by atomic mass is 10.1. The smallest absolute Gasteiger partial charge is 0.299 e. The summed E-state index contributed by atoms with van der Waals surface area (Å²) in [7, 11) is 0. The van der Waals surface area contributed by atoms with Gasteiger partial charge in [0.1, 0.15) is 11.5 Å². The third-order valence-electron chi connectivity index (χ3n) is 3.98. The van der Waals surface area contributed by atoms with E-state index in [1.807, 2.05) is 66.7 Å². The number of rotatable bonds is 5. The number of hydrogen-bond acceptors (Lipinski definition) is 3.